The number of hydrogen-bond donors (Lipinski definition) is 3. The number of amides is 2. The van der Waals surface area contributed by atoms with Gasteiger partial charge in [0.1, 0.15) is 0 Å². The van der Waals surface area contributed by atoms with E-state index in [4.69, 9.17) is 11.6 Å². The summed E-state index contributed by atoms with van der Waals surface area (Å²) in [7, 11) is 0. The lowest BCUT2D eigenvalue weighted by atomic mass is 10.2. The van der Waals surface area contributed by atoms with Gasteiger partial charge >= 0.3 is 0 Å². The number of rotatable bonds is 9. The van der Waals surface area contributed by atoms with Crippen molar-refractivity contribution in [2.45, 2.75) is 39.5 Å². The second kappa shape index (κ2) is 11.5. The normalized spacial score (nSPS) is 14.3. The van der Waals surface area contributed by atoms with Gasteiger partial charge in [0.2, 0.25) is 11.8 Å². The van der Waals surface area contributed by atoms with Gasteiger partial charge in [-0.05, 0) is 44.4 Å². The van der Waals surface area contributed by atoms with E-state index in [0.29, 0.717) is 36.9 Å². The van der Waals surface area contributed by atoms with E-state index in [2.05, 4.69) is 20.9 Å². The monoisotopic (exact) mass is 407 g/mol. The van der Waals surface area contributed by atoms with Gasteiger partial charge in [0.25, 0.3) is 0 Å². The van der Waals surface area contributed by atoms with Crippen molar-refractivity contribution in [3.05, 3.63) is 28.8 Å². The smallest absolute Gasteiger partial charge is 0.226 e. The Bertz CT molecular complexity index is 708. The van der Waals surface area contributed by atoms with Crippen molar-refractivity contribution >= 4 is 35.1 Å². The van der Waals surface area contributed by atoms with Crippen molar-refractivity contribution in [1.82, 2.24) is 15.5 Å². The van der Waals surface area contributed by atoms with Crippen LogP contribution in [0.2, 0.25) is 5.02 Å². The molecule has 0 spiro atoms. The fourth-order valence-corrected chi connectivity index (χ4v) is 3.16. The van der Waals surface area contributed by atoms with Crippen LogP contribution in [0.1, 0.15) is 38.2 Å². The van der Waals surface area contributed by atoms with E-state index < -0.39 is 0 Å². The van der Waals surface area contributed by atoms with Gasteiger partial charge < -0.3 is 20.9 Å². The molecule has 0 aromatic heterocycles. The molecule has 154 valence electrons. The van der Waals surface area contributed by atoms with E-state index in [1.165, 1.54) is 0 Å². The maximum absolute atomic E-state index is 12.2. The summed E-state index contributed by atoms with van der Waals surface area (Å²) in [6, 6.07) is 5.45. The van der Waals surface area contributed by atoms with Crippen LogP contribution >= 0.6 is 11.6 Å². The molecular weight excluding hydrogens is 378 g/mol. The minimum absolute atomic E-state index is 0.0822. The molecule has 1 aromatic carbocycles. The second-order valence-corrected chi connectivity index (χ2v) is 7.14. The zero-order chi connectivity index (χ0) is 20.4. The lowest BCUT2D eigenvalue weighted by molar-refractivity contribution is -0.127. The van der Waals surface area contributed by atoms with Crippen LogP contribution in [0.4, 0.5) is 5.69 Å². The first-order chi connectivity index (χ1) is 13.5. The van der Waals surface area contributed by atoms with E-state index >= 15 is 0 Å². The highest BCUT2D eigenvalue weighted by molar-refractivity contribution is 6.31. The van der Waals surface area contributed by atoms with Crippen molar-refractivity contribution in [3.8, 4) is 0 Å². The summed E-state index contributed by atoms with van der Waals surface area (Å²) in [5.41, 5.74) is 1.59. The number of benzene rings is 1. The number of guanidine groups is 1. The Balaban J connectivity index is 1.71. The van der Waals surface area contributed by atoms with Crippen LogP contribution in [0.5, 0.6) is 0 Å². The molecular formula is C20H30ClN5O2. The Labute approximate surface area is 171 Å². The van der Waals surface area contributed by atoms with E-state index in [-0.39, 0.29) is 11.8 Å². The summed E-state index contributed by atoms with van der Waals surface area (Å²) in [6.07, 6.45) is 2.78. The molecule has 0 saturated carbocycles. The lowest BCUT2D eigenvalue weighted by Gasteiger charge is -2.15. The van der Waals surface area contributed by atoms with Crippen LogP contribution in [0.25, 0.3) is 0 Å². The first-order valence-corrected chi connectivity index (χ1v) is 10.2. The molecule has 1 aromatic rings. The lowest BCUT2D eigenvalue weighted by Crippen LogP contribution is -2.39. The maximum Gasteiger partial charge on any atom is 0.226 e. The summed E-state index contributed by atoms with van der Waals surface area (Å²) < 4.78 is 0. The van der Waals surface area contributed by atoms with Crippen molar-refractivity contribution in [1.29, 1.82) is 0 Å². The van der Waals surface area contributed by atoms with Crippen LogP contribution in [-0.4, -0.2) is 55.4 Å². The molecule has 1 aliphatic heterocycles. The predicted molar refractivity (Wildman–Crippen MR) is 114 cm³/mol. The van der Waals surface area contributed by atoms with Crippen molar-refractivity contribution < 1.29 is 9.59 Å². The van der Waals surface area contributed by atoms with E-state index in [0.717, 1.165) is 43.7 Å². The molecule has 2 amide bonds. The number of aliphatic imine (C=N–C) groups is 1. The molecule has 1 aliphatic rings. The molecule has 2 rings (SSSR count). The summed E-state index contributed by atoms with van der Waals surface area (Å²) in [4.78, 5) is 30.2. The Morgan fingerprint density at radius 1 is 1.32 bits per heavy atom. The second-order valence-electron chi connectivity index (χ2n) is 6.74. The van der Waals surface area contributed by atoms with Gasteiger partial charge in [-0.2, -0.15) is 0 Å². The highest BCUT2D eigenvalue weighted by Crippen LogP contribution is 2.22. The van der Waals surface area contributed by atoms with E-state index in [9.17, 15) is 9.59 Å². The molecule has 0 radical (unpaired) electrons. The Kier molecular flexibility index (Phi) is 9.07. The molecule has 0 unspecified atom stereocenters. The molecule has 7 nitrogen and oxygen atoms in total. The Morgan fingerprint density at radius 3 is 2.86 bits per heavy atom. The third-order valence-electron chi connectivity index (χ3n) is 4.56. The van der Waals surface area contributed by atoms with Crippen LogP contribution in [0, 0.1) is 6.92 Å². The van der Waals surface area contributed by atoms with Gasteiger partial charge in [-0.25, -0.2) is 0 Å². The van der Waals surface area contributed by atoms with Gasteiger partial charge in [-0.1, -0.05) is 17.7 Å². The standard InChI is InChI=1S/C20H30ClN5O2/c1-3-22-20(23-11-6-14-26-13-5-9-19(26)28)24-12-10-18(27)25-17-8-4-7-16(21)15(17)2/h4,7-8H,3,5-6,9-14H2,1-2H3,(H,25,27)(H2,22,23,24). The summed E-state index contributed by atoms with van der Waals surface area (Å²) in [5.74, 6) is 0.846. The molecule has 1 fully saturated rings. The number of hydrogen-bond acceptors (Lipinski definition) is 3. The molecule has 0 aliphatic carbocycles. The summed E-state index contributed by atoms with van der Waals surface area (Å²) in [6.45, 7) is 7.33. The average Bonchev–Trinajstić information content (AvgIpc) is 3.07. The first kappa shape index (κ1) is 22.0. The largest absolute Gasteiger partial charge is 0.357 e. The molecule has 0 atom stereocenters. The van der Waals surface area contributed by atoms with E-state index in [1.54, 1.807) is 6.07 Å². The number of carbonyl (C=O) groups is 2. The third-order valence-corrected chi connectivity index (χ3v) is 4.97. The Hall–Kier alpha value is -2.28. The molecule has 3 N–H and O–H groups in total. The molecule has 1 heterocycles. The van der Waals surface area contributed by atoms with Crippen LogP contribution in [0.3, 0.4) is 0 Å². The quantitative estimate of drug-likeness (QED) is 0.333. The fourth-order valence-electron chi connectivity index (χ4n) is 2.98. The molecule has 28 heavy (non-hydrogen) atoms. The van der Waals surface area contributed by atoms with Gasteiger partial charge in [0.05, 0.1) is 0 Å². The minimum Gasteiger partial charge on any atom is -0.357 e. The zero-order valence-corrected chi connectivity index (χ0v) is 17.4. The number of anilines is 1. The summed E-state index contributed by atoms with van der Waals surface area (Å²) in [5, 5.41) is 9.86. The van der Waals surface area contributed by atoms with Gasteiger partial charge in [0.15, 0.2) is 5.96 Å². The molecule has 1 saturated heterocycles. The van der Waals surface area contributed by atoms with Crippen molar-refractivity contribution in [2.24, 2.45) is 4.99 Å². The summed E-state index contributed by atoms with van der Waals surface area (Å²) >= 11 is 6.08. The Morgan fingerprint density at radius 2 is 2.14 bits per heavy atom. The van der Waals surface area contributed by atoms with Gasteiger partial charge in [-0.15, -0.1) is 0 Å². The number of likely N-dealkylation sites (tertiary alicyclic amines) is 1. The van der Waals surface area contributed by atoms with E-state index in [1.807, 2.05) is 30.9 Å². The fraction of sp³-hybridized carbons (Fsp3) is 0.550. The number of carbonyl (C=O) groups excluding carboxylic acids is 2. The highest BCUT2D eigenvalue weighted by Gasteiger charge is 2.18. The third kappa shape index (κ3) is 7.03. The van der Waals surface area contributed by atoms with Crippen LogP contribution in [0.15, 0.2) is 23.2 Å². The zero-order valence-electron chi connectivity index (χ0n) is 16.7. The SMILES string of the molecule is CCNC(=NCCCN1CCCC1=O)NCCC(=O)Nc1cccc(Cl)c1C. The van der Waals surface area contributed by atoms with Gasteiger partial charge in [0, 0.05) is 56.3 Å². The van der Waals surface area contributed by atoms with Crippen LogP contribution < -0.4 is 16.0 Å². The number of nitrogens with zero attached hydrogens (tertiary/aromatic N) is 2. The van der Waals surface area contributed by atoms with Crippen LogP contribution in [-0.2, 0) is 9.59 Å². The molecule has 8 heteroatoms. The topological polar surface area (TPSA) is 85.8 Å². The predicted octanol–water partition coefficient (Wildman–Crippen LogP) is 2.54. The number of halogens is 1. The molecule has 0 bridgehead atoms. The van der Waals surface area contributed by atoms with Crippen molar-refractivity contribution in [2.75, 3.05) is 38.0 Å². The minimum atomic E-state index is -0.0822. The average molecular weight is 408 g/mol. The van der Waals surface area contributed by atoms with Crippen molar-refractivity contribution in [3.63, 3.8) is 0 Å². The van der Waals surface area contributed by atoms with Gasteiger partial charge in [-0.3, -0.25) is 14.6 Å². The highest BCUT2D eigenvalue weighted by atomic mass is 35.5. The first-order valence-electron chi connectivity index (χ1n) is 9.86. The number of nitrogens with one attached hydrogen (secondary N) is 3. The maximum atomic E-state index is 12.2.